The predicted molar refractivity (Wildman–Crippen MR) is 26.6 cm³/mol. The van der Waals surface area contributed by atoms with Crippen molar-refractivity contribution in [1.29, 1.82) is 5.26 Å². The molecule has 0 saturated carbocycles. The zero-order valence-corrected chi connectivity index (χ0v) is 4.26. The van der Waals surface area contributed by atoms with Gasteiger partial charge in [0.1, 0.15) is 0 Å². The maximum atomic E-state index is 8.36. The van der Waals surface area contributed by atoms with Crippen molar-refractivity contribution in [2.24, 2.45) is 5.34 Å². The molecule has 0 heterocycles. The molecule has 0 rings (SSSR count). The predicted octanol–water partition coefficient (Wildman–Crippen LogP) is -0.842. The highest BCUT2D eigenvalue weighted by atomic mass is 16.6. The van der Waals surface area contributed by atoms with Gasteiger partial charge in [-0.1, -0.05) is 0 Å². The summed E-state index contributed by atoms with van der Waals surface area (Å²) in [6, 6.07) is 0. The number of nitrogens with zero attached hydrogens (tertiary/aromatic N) is 2. The standard InChI is InChI=1S/CHN.CH2O2.HNO2.H2O/c1-2;2*2-1-3;/h1H;1H,(H,2,3);(H,2,3);1H2. The molecule has 7 heteroatoms. The number of hydrogen-bond donors (Lipinski definition) is 2. The summed E-state index contributed by atoms with van der Waals surface area (Å²) in [4.78, 5) is 16.5. The fourth-order valence-corrected chi connectivity index (χ4v) is 0. The Bertz CT molecular complexity index is 55.2. The van der Waals surface area contributed by atoms with Gasteiger partial charge < -0.3 is 15.8 Å². The van der Waals surface area contributed by atoms with Gasteiger partial charge in [-0.2, -0.15) is 0 Å². The second kappa shape index (κ2) is 1750. The lowest BCUT2D eigenvalue weighted by atomic mass is 11.7. The molecule has 0 bridgehead atoms. The first kappa shape index (κ1) is 26.5. The molecule has 0 aromatic carbocycles. The molecule has 4 N–H and O–H groups in total. The van der Waals surface area contributed by atoms with E-state index in [0.29, 0.717) is 0 Å². The van der Waals surface area contributed by atoms with Crippen LogP contribution in [0.5, 0.6) is 0 Å². The van der Waals surface area contributed by atoms with Gasteiger partial charge in [-0.25, -0.2) is 5.26 Å². The van der Waals surface area contributed by atoms with E-state index in [1.54, 1.807) is 0 Å². The summed E-state index contributed by atoms with van der Waals surface area (Å²) in [6.45, 7) is 3.25. The molecule has 0 radical (unpaired) electrons. The Hall–Kier alpha value is -1.68. The van der Waals surface area contributed by atoms with Crippen molar-refractivity contribution in [3.63, 3.8) is 0 Å². The average molecular weight is 138 g/mol. The first-order valence-corrected chi connectivity index (χ1v) is 1.13. The summed E-state index contributed by atoms with van der Waals surface area (Å²) >= 11 is 0. The van der Waals surface area contributed by atoms with E-state index in [0.717, 1.165) is 0 Å². The molecule has 54 valence electrons. The number of carboxylic acid groups (broad SMARTS) is 1. The van der Waals surface area contributed by atoms with Gasteiger partial charge in [-0.15, -0.1) is 4.91 Å². The molecule has 0 amide bonds. The summed E-state index contributed by atoms with van der Waals surface area (Å²) in [7, 11) is 0. The van der Waals surface area contributed by atoms with Crippen LogP contribution in [0, 0.1) is 16.7 Å². The maximum absolute atomic E-state index is 8.36. The minimum atomic E-state index is -0.250. The molecule has 0 atom stereocenters. The van der Waals surface area contributed by atoms with Gasteiger partial charge in [-0.3, -0.25) is 4.79 Å². The Morgan fingerprint density at radius 1 is 1.56 bits per heavy atom. The van der Waals surface area contributed by atoms with E-state index in [2.05, 4.69) is 6.57 Å². The van der Waals surface area contributed by atoms with Gasteiger partial charge in [0.2, 0.25) is 0 Å². The highest BCUT2D eigenvalue weighted by Crippen LogP contribution is 1.25. The van der Waals surface area contributed by atoms with Crippen LogP contribution in [0.15, 0.2) is 5.34 Å². The van der Waals surface area contributed by atoms with E-state index < -0.39 is 0 Å². The third-order valence-electron chi connectivity index (χ3n) is 0. The van der Waals surface area contributed by atoms with Gasteiger partial charge in [0.25, 0.3) is 6.47 Å². The molecule has 0 fully saturated rings. The minimum absolute atomic E-state index is 0. The summed E-state index contributed by atoms with van der Waals surface area (Å²) in [5.41, 5.74) is 0. The van der Waals surface area contributed by atoms with Crippen LogP contribution < -0.4 is 0 Å². The summed E-state index contributed by atoms with van der Waals surface area (Å²) < 4.78 is 0. The fraction of sp³-hybridized carbons (Fsp3) is 0. The molecule has 9 heavy (non-hydrogen) atoms. The van der Waals surface area contributed by atoms with Crippen molar-refractivity contribution in [2.45, 2.75) is 0 Å². The Kier molecular flexibility index (Phi) is 5150. The lowest BCUT2D eigenvalue weighted by Gasteiger charge is -1.34. The molecule has 0 aliphatic heterocycles. The molecular weight excluding hydrogens is 132 g/mol. The van der Waals surface area contributed by atoms with E-state index in [1.807, 2.05) is 0 Å². The monoisotopic (exact) mass is 138 g/mol. The molecule has 0 aliphatic carbocycles. The van der Waals surface area contributed by atoms with Crippen LogP contribution in [-0.2, 0) is 4.79 Å². The molecule has 0 aromatic heterocycles. The summed E-state index contributed by atoms with van der Waals surface area (Å²) in [5, 5.41) is 21.3. The van der Waals surface area contributed by atoms with Gasteiger partial charge >= 0.3 is 0 Å². The SMILES string of the molecule is C#N.O.O=CO.O=NO. The van der Waals surface area contributed by atoms with Gasteiger partial charge in [-0.05, 0) is 0 Å². The Morgan fingerprint density at radius 3 is 1.56 bits per heavy atom. The number of rotatable bonds is 0. The number of nitriles is 1. The Morgan fingerprint density at radius 2 is 1.56 bits per heavy atom. The Labute approximate surface area is 50.4 Å². The smallest absolute Gasteiger partial charge is 0.290 e. The van der Waals surface area contributed by atoms with Crippen LogP contribution in [0.4, 0.5) is 0 Å². The van der Waals surface area contributed by atoms with Crippen LogP contribution in [0.1, 0.15) is 0 Å². The highest BCUT2D eigenvalue weighted by molar-refractivity contribution is 5.32. The van der Waals surface area contributed by atoms with Crippen LogP contribution in [0.25, 0.3) is 0 Å². The number of carbonyl (C=O) groups is 1. The van der Waals surface area contributed by atoms with Crippen LogP contribution in [-0.4, -0.2) is 22.3 Å². The van der Waals surface area contributed by atoms with E-state index in [9.17, 15) is 0 Å². The van der Waals surface area contributed by atoms with Crippen molar-refractivity contribution in [1.82, 2.24) is 0 Å². The molecule has 0 aliphatic rings. The second-order valence-corrected chi connectivity index (χ2v) is 0.187. The molecular formula is C2H6N2O5. The Balaban J connectivity index is -0.0000000202. The molecule has 7 nitrogen and oxygen atoms in total. The van der Waals surface area contributed by atoms with Crippen LogP contribution in [0.2, 0.25) is 0 Å². The minimum Gasteiger partial charge on any atom is -0.483 e. The van der Waals surface area contributed by atoms with Crippen molar-refractivity contribution >= 4 is 6.47 Å². The van der Waals surface area contributed by atoms with Gasteiger partial charge in [0, 0.05) is 6.57 Å². The maximum Gasteiger partial charge on any atom is 0.290 e. The fourth-order valence-electron chi connectivity index (χ4n) is 0. The molecule has 0 saturated heterocycles. The first-order chi connectivity index (χ1) is 3.83. The van der Waals surface area contributed by atoms with E-state index in [1.165, 1.54) is 5.34 Å². The molecule has 0 aromatic rings. The second-order valence-electron chi connectivity index (χ2n) is 0.187. The first-order valence-electron chi connectivity index (χ1n) is 1.13. The summed E-state index contributed by atoms with van der Waals surface area (Å²) in [5.74, 6) is 0. The van der Waals surface area contributed by atoms with Crippen molar-refractivity contribution < 1.29 is 20.6 Å². The topological polar surface area (TPSA) is 142 Å². The van der Waals surface area contributed by atoms with Crippen LogP contribution >= 0.6 is 0 Å². The van der Waals surface area contributed by atoms with Crippen LogP contribution in [0.3, 0.4) is 0 Å². The molecule has 0 unspecified atom stereocenters. The van der Waals surface area contributed by atoms with Gasteiger partial charge in [0.15, 0.2) is 5.34 Å². The lowest BCUT2D eigenvalue weighted by molar-refractivity contribution is -0.122. The number of hydrogen-bond acceptors (Lipinski definition) is 4. The average Bonchev–Trinajstić information content (AvgIpc) is 1.75. The summed E-state index contributed by atoms with van der Waals surface area (Å²) in [6.07, 6.45) is 0. The highest BCUT2D eigenvalue weighted by Gasteiger charge is 1.22. The van der Waals surface area contributed by atoms with E-state index >= 15 is 0 Å². The third-order valence-corrected chi connectivity index (χ3v) is 0. The van der Waals surface area contributed by atoms with E-state index in [-0.39, 0.29) is 11.9 Å². The van der Waals surface area contributed by atoms with Crippen molar-refractivity contribution in [3.05, 3.63) is 4.91 Å². The van der Waals surface area contributed by atoms with E-state index in [4.69, 9.17) is 25.3 Å². The van der Waals surface area contributed by atoms with Gasteiger partial charge in [0.05, 0.1) is 0 Å². The lowest BCUT2D eigenvalue weighted by Crippen LogP contribution is -1.49. The van der Waals surface area contributed by atoms with Crippen molar-refractivity contribution in [3.8, 4) is 6.57 Å². The molecule has 0 spiro atoms. The largest absolute Gasteiger partial charge is 0.483 e. The zero-order valence-electron chi connectivity index (χ0n) is 4.26. The zero-order chi connectivity index (χ0) is 7.41. The normalized spacial score (nSPS) is 2.89. The van der Waals surface area contributed by atoms with Crippen molar-refractivity contribution in [2.75, 3.05) is 0 Å². The third kappa shape index (κ3) is 41.8. The quantitative estimate of drug-likeness (QED) is 0.255.